The van der Waals surface area contributed by atoms with Gasteiger partial charge < -0.3 is 15.1 Å². The zero-order chi connectivity index (χ0) is 3.58. The molecule has 0 aliphatic rings. The molecule has 0 amide bonds. The topological polar surface area (TPSA) is 60.7 Å². The number of hydrogen-bond acceptors (Lipinski definition) is 3. The van der Waals surface area contributed by atoms with E-state index >= 15 is 0 Å². The van der Waals surface area contributed by atoms with Gasteiger partial charge in [-0.1, -0.05) is 0 Å². The van der Waals surface area contributed by atoms with Gasteiger partial charge in [-0.15, -0.1) is 0 Å². The summed E-state index contributed by atoms with van der Waals surface area (Å²) in [7, 11) is -2.17. The van der Waals surface area contributed by atoms with Crippen LogP contribution in [0.5, 0.6) is 0 Å². The molecule has 0 bridgehead atoms. The summed E-state index contributed by atoms with van der Waals surface area (Å²) in [6.45, 7) is 0. The summed E-state index contributed by atoms with van der Waals surface area (Å²) < 4.78 is 0. The molecule has 0 aromatic carbocycles. The first-order chi connectivity index (χ1) is 1.73. The van der Waals surface area contributed by atoms with Crippen molar-refractivity contribution in [2.24, 2.45) is 0 Å². The van der Waals surface area contributed by atoms with Crippen LogP contribution in [0.1, 0.15) is 0 Å². The second-order valence-corrected chi connectivity index (χ2v) is 0.346. The van der Waals surface area contributed by atoms with Gasteiger partial charge in [0.25, 0.3) is 0 Å². The molecule has 3 N–H and O–H groups in total. The Kier molecular flexibility index (Phi) is 118. The van der Waals surface area contributed by atoms with Crippen molar-refractivity contribution >= 4 is 104 Å². The fourth-order valence-electron chi connectivity index (χ4n) is 0. The fraction of sp³-hybridized carbons (Fsp3) is 0. The van der Waals surface area contributed by atoms with Crippen LogP contribution in [0.3, 0.4) is 0 Å². The zero-order valence-electron chi connectivity index (χ0n) is 2.89. The molecule has 0 rings (SSSR count). The maximum atomic E-state index is 7.17. The minimum absolute atomic E-state index is 0. The van der Waals surface area contributed by atoms with Gasteiger partial charge in [-0.25, -0.2) is 0 Å². The Morgan fingerprint density at radius 1 is 1.00 bits per heavy atom. The van der Waals surface area contributed by atoms with Crippen molar-refractivity contribution in [2.45, 2.75) is 0 Å². The van der Waals surface area contributed by atoms with E-state index in [1.165, 1.54) is 0 Å². The van der Waals surface area contributed by atoms with Crippen LogP contribution in [0.25, 0.3) is 0 Å². The smallest absolute Gasteiger partial charge is 0 e. The van der Waals surface area contributed by atoms with E-state index in [0.29, 0.717) is 0 Å². The van der Waals surface area contributed by atoms with Crippen LogP contribution in [0, 0.1) is 124 Å². The van der Waals surface area contributed by atoms with Crippen molar-refractivity contribution in [3.8, 4) is 0 Å². The third-order valence-corrected chi connectivity index (χ3v) is 0. The molecule has 0 spiro atoms. The molecule has 0 atom stereocenters. The molecule has 9 heteroatoms. The van der Waals surface area contributed by atoms with E-state index in [0.717, 1.165) is 0 Å². The van der Waals surface area contributed by atoms with Gasteiger partial charge in [-0.3, -0.25) is 0 Å². The van der Waals surface area contributed by atoms with E-state index < -0.39 is 7.32 Å². The van der Waals surface area contributed by atoms with E-state index in [9.17, 15) is 0 Å². The van der Waals surface area contributed by atoms with Crippen LogP contribution in [0.2, 0.25) is 0 Å². The summed E-state index contributed by atoms with van der Waals surface area (Å²) in [6, 6.07) is 0. The third-order valence-electron chi connectivity index (χ3n) is 0. The van der Waals surface area contributed by atoms with E-state index in [1.807, 2.05) is 0 Å². The van der Waals surface area contributed by atoms with Crippen molar-refractivity contribution in [3.63, 3.8) is 0 Å². The van der Waals surface area contributed by atoms with E-state index in [4.69, 9.17) is 15.1 Å². The standard InChI is InChI=1S/BH3O3.Dy.Eu.K.Sr.Tm.3H/c2-1(3)4;;;;;;;;/h2-4H;;;;;;;;. The largest absolute Gasteiger partial charge is 0 e. The summed E-state index contributed by atoms with van der Waals surface area (Å²) in [5.74, 6) is 0. The molecule has 60 valence electrons. The molecule has 2 radical (unpaired) electrons. The van der Waals surface area contributed by atoms with Crippen molar-refractivity contribution in [1.29, 1.82) is 0 Å². The minimum Gasteiger partial charge on any atom is 0 e. The number of hydrogen-bond donors (Lipinski definition) is 3. The SMILES string of the molecule is OB(O)O.[Dy].[Eu].[KH].[SrH2].[Tm]. The molecule has 0 aliphatic carbocycles. The van der Waals surface area contributed by atoms with Crippen molar-refractivity contribution in [3.05, 3.63) is 0 Å². The van der Waals surface area contributed by atoms with Crippen LogP contribution in [-0.4, -0.2) is 119 Å². The molecule has 0 saturated heterocycles. The first-order valence-corrected chi connectivity index (χ1v) is 0.775. The van der Waals surface area contributed by atoms with Crippen LogP contribution >= 0.6 is 0 Å². The predicted octanol–water partition coefficient (Wildman–Crippen LogP) is -3.62. The van der Waals surface area contributed by atoms with E-state index in [-0.39, 0.29) is 221 Å². The first kappa shape index (κ1) is 36.0. The molecule has 0 aromatic rings. The van der Waals surface area contributed by atoms with Gasteiger partial charge >= 0.3 is 104 Å². The second-order valence-electron chi connectivity index (χ2n) is 0.346. The van der Waals surface area contributed by atoms with Gasteiger partial charge in [0, 0.05) is 124 Å². The molecule has 0 heterocycles. The minimum atomic E-state index is -2.17. The maximum absolute atomic E-state index is 7.17. The Morgan fingerprint density at radius 2 is 1.00 bits per heavy atom. The Bertz CT molecular complexity index is 28.5. The molecule has 0 unspecified atom stereocenters. The summed E-state index contributed by atoms with van der Waals surface area (Å²) >= 11 is 0. The van der Waals surface area contributed by atoms with Crippen LogP contribution in [0.4, 0.5) is 0 Å². The normalized spacial score (nSPS) is 3.00. The van der Waals surface area contributed by atoms with Crippen LogP contribution < -0.4 is 0 Å². The quantitative estimate of drug-likeness (QED) is 0.233. The Morgan fingerprint density at radius 3 is 1.00 bits per heavy atom. The first-order valence-electron chi connectivity index (χ1n) is 0.775. The van der Waals surface area contributed by atoms with Crippen LogP contribution in [0.15, 0.2) is 0 Å². The Balaban J connectivity index is -0.00000000450. The summed E-state index contributed by atoms with van der Waals surface area (Å²) in [4.78, 5) is 0. The molecular weight excluding hydrogens is 669 g/mol. The average molecular weight is 675 g/mol. The molecule has 0 aliphatic heterocycles. The summed E-state index contributed by atoms with van der Waals surface area (Å²) in [5, 5.41) is 21.5. The van der Waals surface area contributed by atoms with Crippen molar-refractivity contribution < 1.29 is 139 Å². The van der Waals surface area contributed by atoms with Gasteiger partial charge in [0.05, 0.1) is 0 Å². The summed E-state index contributed by atoms with van der Waals surface area (Å²) in [5.41, 5.74) is 0. The zero-order valence-corrected chi connectivity index (χ0v) is 9.12. The maximum Gasteiger partial charge on any atom is 0 e. The van der Waals surface area contributed by atoms with Crippen molar-refractivity contribution in [1.82, 2.24) is 0 Å². The Labute approximate surface area is 235 Å². The monoisotopic (exact) mass is 678 g/mol. The molecule has 0 fully saturated rings. The Hall–Kier alpha value is 7.15. The van der Waals surface area contributed by atoms with Gasteiger partial charge in [0.15, 0.2) is 0 Å². The van der Waals surface area contributed by atoms with E-state index in [2.05, 4.69) is 0 Å². The molecule has 0 saturated carbocycles. The fourth-order valence-corrected chi connectivity index (χ4v) is 0. The molecule has 9 heavy (non-hydrogen) atoms. The van der Waals surface area contributed by atoms with E-state index in [1.54, 1.807) is 0 Å². The molecule has 0 aromatic heterocycles. The van der Waals surface area contributed by atoms with Gasteiger partial charge in [0.1, 0.15) is 0 Å². The predicted molar refractivity (Wildman–Crippen MR) is 28.1 cm³/mol. The van der Waals surface area contributed by atoms with Crippen molar-refractivity contribution in [2.75, 3.05) is 0 Å². The molecular formula is H6BDyEuKO3SrTm. The molecule has 3 nitrogen and oxygen atoms in total. The number of rotatable bonds is 0. The van der Waals surface area contributed by atoms with Gasteiger partial charge in [-0.2, -0.15) is 0 Å². The van der Waals surface area contributed by atoms with Gasteiger partial charge in [0.2, 0.25) is 0 Å². The third kappa shape index (κ3) is 51.2. The van der Waals surface area contributed by atoms with Gasteiger partial charge in [-0.05, 0) is 0 Å². The van der Waals surface area contributed by atoms with Crippen LogP contribution in [-0.2, 0) is 0 Å². The second kappa shape index (κ2) is 29.4. The average Bonchev–Trinajstić information content (AvgIpc) is 0.811. The summed E-state index contributed by atoms with van der Waals surface area (Å²) in [6.07, 6.45) is 0.